The minimum absolute atomic E-state index is 0.0509. The first-order chi connectivity index (χ1) is 14.7. The summed E-state index contributed by atoms with van der Waals surface area (Å²) in [5.74, 6) is -2.80. The Balaban J connectivity index is 1.55. The number of anilines is 1. The van der Waals surface area contributed by atoms with Crippen molar-refractivity contribution in [1.82, 2.24) is 10.2 Å². The Morgan fingerprint density at radius 3 is 2.74 bits per heavy atom. The number of ether oxygens (including phenoxy) is 1. The van der Waals surface area contributed by atoms with Crippen LogP contribution in [-0.2, 0) is 30.5 Å². The zero-order valence-corrected chi connectivity index (χ0v) is 17.3. The Morgan fingerprint density at radius 1 is 1.26 bits per heavy atom. The third-order valence-corrected chi connectivity index (χ3v) is 5.64. The molecule has 1 aromatic carbocycles. The van der Waals surface area contributed by atoms with E-state index in [-0.39, 0.29) is 31.4 Å². The van der Waals surface area contributed by atoms with Gasteiger partial charge in [0.25, 0.3) is 17.6 Å². The number of hydrogen-bond acceptors (Lipinski definition) is 6. The van der Waals surface area contributed by atoms with Crippen LogP contribution in [-0.4, -0.2) is 65.6 Å². The highest BCUT2D eigenvalue weighted by atomic mass is 19.1. The van der Waals surface area contributed by atoms with Crippen LogP contribution in [0, 0.1) is 5.82 Å². The molecule has 0 aromatic heterocycles. The second-order valence-corrected chi connectivity index (χ2v) is 8.17. The number of amides is 3. The van der Waals surface area contributed by atoms with Gasteiger partial charge in [-0.25, -0.2) is 9.38 Å². The van der Waals surface area contributed by atoms with E-state index in [9.17, 15) is 23.6 Å². The number of rotatable bonds is 4. The summed E-state index contributed by atoms with van der Waals surface area (Å²) in [6.45, 7) is 4.32. The zero-order chi connectivity index (χ0) is 22.3. The fourth-order valence-electron chi connectivity index (χ4n) is 4.04. The number of carbonyl (C=O) groups is 4. The van der Waals surface area contributed by atoms with Gasteiger partial charge in [-0.2, -0.15) is 0 Å². The fraction of sp³-hybridized carbons (Fsp3) is 0.476. The average Bonchev–Trinajstić information content (AvgIpc) is 3.15. The minimum atomic E-state index is -1.52. The molecule has 3 aliphatic heterocycles. The highest BCUT2D eigenvalue weighted by Gasteiger charge is 2.47. The van der Waals surface area contributed by atoms with Crippen molar-refractivity contribution in [3.63, 3.8) is 0 Å². The second kappa shape index (κ2) is 7.84. The monoisotopic (exact) mass is 430 g/mol. The van der Waals surface area contributed by atoms with Gasteiger partial charge in [-0.15, -0.1) is 0 Å². The number of morpholine rings is 1. The fourth-order valence-corrected chi connectivity index (χ4v) is 4.04. The van der Waals surface area contributed by atoms with Crippen molar-refractivity contribution in [2.24, 2.45) is 4.99 Å². The lowest BCUT2D eigenvalue weighted by Gasteiger charge is -2.41. The molecule has 1 aromatic rings. The molecule has 3 heterocycles. The lowest BCUT2D eigenvalue weighted by Crippen LogP contribution is -2.62. The highest BCUT2D eigenvalue weighted by molar-refractivity contribution is 6.46. The summed E-state index contributed by atoms with van der Waals surface area (Å²) in [7, 11) is 0. The van der Waals surface area contributed by atoms with Crippen molar-refractivity contribution in [3.8, 4) is 0 Å². The van der Waals surface area contributed by atoms with Crippen molar-refractivity contribution in [2.45, 2.75) is 44.9 Å². The van der Waals surface area contributed by atoms with Crippen molar-refractivity contribution < 1.29 is 28.3 Å². The standard InChI is InChI=1S/C21H23FN4O5/c1-21(2)20-24-16(17(28)19(30)26(20)8-9-31-21)18(29)23-11-12-5-6-13(22)10-14(12)25-7-3-4-15(25)27/h5-6,10,16H,3-4,7-9,11H2,1-2H3,(H,23,29). The highest BCUT2D eigenvalue weighted by Crippen LogP contribution is 2.27. The number of Topliss-reactive ketones (excluding diaryl/α,β-unsaturated/α-hetero) is 1. The van der Waals surface area contributed by atoms with E-state index in [2.05, 4.69) is 10.3 Å². The first-order valence-electron chi connectivity index (χ1n) is 10.1. The van der Waals surface area contributed by atoms with Crippen molar-refractivity contribution in [3.05, 3.63) is 29.6 Å². The third kappa shape index (κ3) is 3.83. The first kappa shape index (κ1) is 21.1. The molecule has 3 amide bonds. The molecule has 1 unspecified atom stereocenters. The Hall–Kier alpha value is -3.14. The summed E-state index contributed by atoms with van der Waals surface area (Å²) in [5.41, 5.74) is -0.00347. The Labute approximate surface area is 178 Å². The van der Waals surface area contributed by atoms with Crippen LogP contribution in [0.3, 0.4) is 0 Å². The normalized spacial score (nSPS) is 23.0. The molecule has 4 rings (SSSR count). The van der Waals surface area contributed by atoms with E-state index in [1.54, 1.807) is 13.8 Å². The SMILES string of the molecule is CC1(C)OCCN2C(=O)C(=O)C(C(=O)NCc3ccc(F)cc3N3CCCC3=O)N=C21. The lowest BCUT2D eigenvalue weighted by atomic mass is 9.99. The first-order valence-corrected chi connectivity index (χ1v) is 10.1. The summed E-state index contributed by atoms with van der Waals surface area (Å²) < 4.78 is 19.4. The molecule has 0 aliphatic carbocycles. The van der Waals surface area contributed by atoms with Gasteiger partial charge in [0.2, 0.25) is 5.91 Å². The number of nitrogens with one attached hydrogen (secondary N) is 1. The molecule has 2 fully saturated rings. The van der Waals surface area contributed by atoms with Crippen LogP contribution >= 0.6 is 0 Å². The van der Waals surface area contributed by atoms with Crippen LogP contribution in [0.1, 0.15) is 32.3 Å². The van der Waals surface area contributed by atoms with Crippen LogP contribution in [0.4, 0.5) is 10.1 Å². The summed E-state index contributed by atoms with van der Waals surface area (Å²) in [5, 5.41) is 2.60. The zero-order valence-electron chi connectivity index (χ0n) is 17.3. The Morgan fingerprint density at radius 2 is 2.03 bits per heavy atom. The molecule has 31 heavy (non-hydrogen) atoms. The number of carbonyl (C=O) groups excluding carboxylic acids is 4. The number of halogens is 1. The van der Waals surface area contributed by atoms with Crippen LogP contribution in [0.2, 0.25) is 0 Å². The smallest absolute Gasteiger partial charge is 0.298 e. The quantitative estimate of drug-likeness (QED) is 0.555. The van der Waals surface area contributed by atoms with Gasteiger partial charge in [-0.1, -0.05) is 6.07 Å². The molecular formula is C21H23FN4O5. The van der Waals surface area contributed by atoms with Crippen LogP contribution in [0.5, 0.6) is 0 Å². The molecular weight excluding hydrogens is 407 g/mol. The van der Waals surface area contributed by atoms with E-state index >= 15 is 0 Å². The number of hydrogen-bond donors (Lipinski definition) is 1. The number of ketones is 1. The van der Waals surface area contributed by atoms with E-state index in [0.717, 1.165) is 0 Å². The van der Waals surface area contributed by atoms with Crippen molar-refractivity contribution in [1.29, 1.82) is 0 Å². The van der Waals surface area contributed by atoms with Gasteiger partial charge < -0.3 is 15.0 Å². The molecule has 1 N–H and O–H groups in total. The molecule has 0 bridgehead atoms. The maximum atomic E-state index is 13.8. The van der Waals surface area contributed by atoms with Gasteiger partial charge in [0.15, 0.2) is 6.04 Å². The van der Waals surface area contributed by atoms with Gasteiger partial charge in [0.05, 0.1) is 18.8 Å². The molecule has 9 nitrogen and oxygen atoms in total. The molecule has 2 saturated heterocycles. The van der Waals surface area contributed by atoms with E-state index in [0.29, 0.717) is 30.6 Å². The largest absolute Gasteiger partial charge is 0.366 e. The van der Waals surface area contributed by atoms with Gasteiger partial charge in [-0.05, 0) is 38.0 Å². The molecule has 1 atom stereocenters. The summed E-state index contributed by atoms with van der Waals surface area (Å²) in [4.78, 5) is 56.9. The Bertz CT molecular complexity index is 1010. The second-order valence-electron chi connectivity index (χ2n) is 8.17. The van der Waals surface area contributed by atoms with Crippen LogP contribution in [0.15, 0.2) is 23.2 Å². The van der Waals surface area contributed by atoms with Gasteiger partial charge >= 0.3 is 0 Å². The molecule has 164 valence electrons. The summed E-state index contributed by atoms with van der Waals surface area (Å²) in [6.07, 6.45) is 1.05. The van der Waals surface area contributed by atoms with Gasteiger partial charge in [0, 0.05) is 19.5 Å². The van der Waals surface area contributed by atoms with E-state index in [1.165, 1.54) is 28.0 Å². The number of benzene rings is 1. The van der Waals surface area contributed by atoms with E-state index < -0.39 is 35.1 Å². The maximum Gasteiger partial charge on any atom is 0.298 e. The molecule has 3 aliphatic rings. The number of aliphatic imine (C=N–C) groups is 1. The third-order valence-electron chi connectivity index (χ3n) is 5.64. The predicted octanol–water partition coefficient (Wildman–Crippen LogP) is 0.556. The van der Waals surface area contributed by atoms with Gasteiger partial charge in [0.1, 0.15) is 17.3 Å². The summed E-state index contributed by atoms with van der Waals surface area (Å²) >= 11 is 0. The van der Waals surface area contributed by atoms with Gasteiger partial charge in [-0.3, -0.25) is 24.1 Å². The molecule has 0 spiro atoms. The van der Waals surface area contributed by atoms with E-state index in [4.69, 9.17) is 4.74 Å². The van der Waals surface area contributed by atoms with Crippen LogP contribution < -0.4 is 10.2 Å². The number of nitrogens with zero attached hydrogens (tertiary/aromatic N) is 3. The Kier molecular flexibility index (Phi) is 5.34. The topological polar surface area (TPSA) is 108 Å². The summed E-state index contributed by atoms with van der Waals surface area (Å²) in [6, 6.07) is 2.45. The number of fused-ring (bicyclic) bond motifs is 1. The van der Waals surface area contributed by atoms with Crippen LogP contribution in [0.25, 0.3) is 0 Å². The predicted molar refractivity (Wildman–Crippen MR) is 108 cm³/mol. The molecule has 0 radical (unpaired) electrons. The average molecular weight is 430 g/mol. The minimum Gasteiger partial charge on any atom is -0.366 e. The lowest BCUT2D eigenvalue weighted by molar-refractivity contribution is -0.148. The molecule has 10 heteroatoms. The van der Waals surface area contributed by atoms with Crippen molar-refractivity contribution >= 4 is 35.0 Å². The number of amidine groups is 1. The van der Waals surface area contributed by atoms with Crippen molar-refractivity contribution in [2.75, 3.05) is 24.6 Å². The van der Waals surface area contributed by atoms with E-state index in [1.807, 2.05) is 0 Å². The maximum absolute atomic E-state index is 13.8. The molecule has 0 saturated carbocycles.